The Hall–Kier alpha value is -2.27. The molecule has 2 rings (SSSR count). The predicted molar refractivity (Wildman–Crippen MR) is 90.7 cm³/mol. The van der Waals surface area contributed by atoms with E-state index >= 15 is 0 Å². The molecule has 0 bridgehead atoms. The van der Waals surface area contributed by atoms with Gasteiger partial charge in [-0.25, -0.2) is 4.79 Å². The summed E-state index contributed by atoms with van der Waals surface area (Å²) >= 11 is 1.08. The Morgan fingerprint density at radius 3 is 2.17 bits per heavy atom. The highest BCUT2D eigenvalue weighted by Gasteiger charge is 2.14. The number of aromatic carboxylic acids is 1. The van der Waals surface area contributed by atoms with E-state index in [0.29, 0.717) is 10.5 Å². The molecule has 0 aliphatic carbocycles. The van der Waals surface area contributed by atoms with Gasteiger partial charge in [0, 0.05) is 10.5 Å². The minimum atomic E-state index is -0.982. The van der Waals surface area contributed by atoms with Gasteiger partial charge in [0.2, 0.25) is 5.12 Å². The van der Waals surface area contributed by atoms with Crippen molar-refractivity contribution in [1.29, 1.82) is 0 Å². The van der Waals surface area contributed by atoms with Crippen LogP contribution in [0.15, 0.2) is 47.4 Å². The topological polar surface area (TPSA) is 63.6 Å². The van der Waals surface area contributed by atoms with Crippen molar-refractivity contribution in [2.45, 2.75) is 24.7 Å². The zero-order chi connectivity index (χ0) is 17.0. The zero-order valence-electron chi connectivity index (χ0n) is 13.2. The van der Waals surface area contributed by atoms with Gasteiger partial charge in [-0.15, -0.1) is 0 Å². The van der Waals surface area contributed by atoms with Gasteiger partial charge in [-0.2, -0.15) is 0 Å². The van der Waals surface area contributed by atoms with Crippen molar-refractivity contribution < 1.29 is 19.4 Å². The Morgan fingerprint density at radius 1 is 1.04 bits per heavy atom. The number of methoxy groups -OCH3 is 1. The van der Waals surface area contributed by atoms with Crippen LogP contribution in [0.1, 0.15) is 46.0 Å². The highest BCUT2D eigenvalue weighted by molar-refractivity contribution is 8.14. The maximum atomic E-state index is 12.4. The van der Waals surface area contributed by atoms with Gasteiger partial charge in [0.05, 0.1) is 12.7 Å². The number of carboxylic acid groups (broad SMARTS) is 1. The van der Waals surface area contributed by atoms with Gasteiger partial charge >= 0.3 is 5.97 Å². The molecule has 0 atom stereocenters. The van der Waals surface area contributed by atoms with Crippen LogP contribution in [0.25, 0.3) is 0 Å². The molecule has 5 heteroatoms. The Labute approximate surface area is 139 Å². The van der Waals surface area contributed by atoms with Gasteiger partial charge in [0.15, 0.2) is 0 Å². The second-order valence-electron chi connectivity index (χ2n) is 5.33. The Morgan fingerprint density at radius 2 is 1.65 bits per heavy atom. The smallest absolute Gasteiger partial charge is 0.335 e. The van der Waals surface area contributed by atoms with Crippen LogP contribution in [0.2, 0.25) is 0 Å². The van der Waals surface area contributed by atoms with E-state index in [1.807, 2.05) is 19.9 Å². The van der Waals surface area contributed by atoms with Gasteiger partial charge in [-0.05, 0) is 65.7 Å². The summed E-state index contributed by atoms with van der Waals surface area (Å²) in [5.41, 5.74) is 1.79. The van der Waals surface area contributed by atoms with E-state index in [-0.39, 0.29) is 16.6 Å². The van der Waals surface area contributed by atoms with Crippen LogP contribution in [-0.2, 0) is 0 Å². The summed E-state index contributed by atoms with van der Waals surface area (Å²) in [6.07, 6.45) is 0. The molecule has 0 saturated heterocycles. The lowest BCUT2D eigenvalue weighted by molar-refractivity contribution is 0.0696. The molecule has 0 aliphatic heterocycles. The number of hydrogen-bond acceptors (Lipinski definition) is 4. The van der Waals surface area contributed by atoms with Crippen molar-refractivity contribution in [2.75, 3.05) is 7.11 Å². The first-order valence-electron chi connectivity index (χ1n) is 7.16. The number of hydrogen-bond donors (Lipinski definition) is 1. The highest BCUT2D eigenvalue weighted by atomic mass is 32.2. The van der Waals surface area contributed by atoms with Crippen molar-refractivity contribution in [3.8, 4) is 5.75 Å². The maximum absolute atomic E-state index is 12.4. The number of carboxylic acids is 1. The molecule has 0 radical (unpaired) electrons. The van der Waals surface area contributed by atoms with Gasteiger partial charge in [-0.1, -0.05) is 13.8 Å². The first kappa shape index (κ1) is 17.1. The van der Waals surface area contributed by atoms with E-state index in [0.717, 1.165) is 23.1 Å². The highest BCUT2D eigenvalue weighted by Crippen LogP contribution is 2.30. The summed E-state index contributed by atoms with van der Waals surface area (Å²) in [6.45, 7) is 4.09. The average Bonchev–Trinajstić information content (AvgIpc) is 2.54. The molecule has 0 saturated carbocycles. The first-order valence-corrected chi connectivity index (χ1v) is 7.97. The van der Waals surface area contributed by atoms with Crippen molar-refractivity contribution in [3.05, 3.63) is 59.2 Å². The summed E-state index contributed by atoms with van der Waals surface area (Å²) in [6, 6.07) is 11.7. The lowest BCUT2D eigenvalue weighted by Crippen LogP contribution is -2.00. The SMILES string of the molecule is COc1ccc(C(=O)Sc2ccc(C(=O)O)cc2)cc1C(C)C. The predicted octanol–water partition coefficient (Wildman–Crippen LogP) is 4.45. The minimum absolute atomic E-state index is 0.0855. The summed E-state index contributed by atoms with van der Waals surface area (Å²) in [5.74, 6) is 0.0366. The van der Waals surface area contributed by atoms with Crippen LogP contribution in [-0.4, -0.2) is 23.3 Å². The third-order valence-corrected chi connectivity index (χ3v) is 4.33. The Kier molecular flexibility index (Phi) is 5.45. The maximum Gasteiger partial charge on any atom is 0.335 e. The van der Waals surface area contributed by atoms with E-state index in [9.17, 15) is 9.59 Å². The Bertz CT molecular complexity index is 720. The average molecular weight is 330 g/mol. The monoisotopic (exact) mass is 330 g/mol. The van der Waals surface area contributed by atoms with E-state index < -0.39 is 5.97 Å². The number of carbonyl (C=O) groups excluding carboxylic acids is 1. The first-order chi connectivity index (χ1) is 10.9. The minimum Gasteiger partial charge on any atom is -0.496 e. The molecule has 0 heterocycles. The summed E-state index contributed by atoms with van der Waals surface area (Å²) in [4.78, 5) is 24.0. The summed E-state index contributed by atoms with van der Waals surface area (Å²) in [5, 5.41) is 8.80. The van der Waals surface area contributed by atoms with Crippen LogP contribution in [0, 0.1) is 0 Å². The fraction of sp³-hybridized carbons (Fsp3) is 0.222. The molecule has 0 spiro atoms. The van der Waals surface area contributed by atoms with Crippen molar-refractivity contribution in [3.63, 3.8) is 0 Å². The number of thioether (sulfide) groups is 1. The van der Waals surface area contributed by atoms with E-state index in [2.05, 4.69) is 0 Å². The van der Waals surface area contributed by atoms with Gasteiger partial charge in [0.1, 0.15) is 5.75 Å². The number of rotatable bonds is 5. The molecule has 1 N–H and O–H groups in total. The summed E-state index contributed by atoms with van der Waals surface area (Å²) in [7, 11) is 1.61. The van der Waals surface area contributed by atoms with Gasteiger partial charge in [-0.3, -0.25) is 4.79 Å². The molecule has 2 aromatic carbocycles. The largest absolute Gasteiger partial charge is 0.496 e. The fourth-order valence-corrected chi connectivity index (χ4v) is 2.88. The number of ether oxygens (including phenoxy) is 1. The van der Waals surface area contributed by atoms with Gasteiger partial charge < -0.3 is 9.84 Å². The summed E-state index contributed by atoms with van der Waals surface area (Å²) < 4.78 is 5.32. The van der Waals surface area contributed by atoms with Crippen LogP contribution in [0.4, 0.5) is 0 Å². The second-order valence-corrected chi connectivity index (χ2v) is 6.38. The third kappa shape index (κ3) is 4.13. The van der Waals surface area contributed by atoms with Crippen molar-refractivity contribution in [1.82, 2.24) is 0 Å². The van der Waals surface area contributed by atoms with Crippen LogP contribution in [0.3, 0.4) is 0 Å². The molecule has 0 fully saturated rings. The van der Waals surface area contributed by atoms with Crippen molar-refractivity contribution >= 4 is 22.8 Å². The normalized spacial score (nSPS) is 10.6. The molecule has 2 aromatic rings. The molecule has 4 nitrogen and oxygen atoms in total. The fourth-order valence-electron chi connectivity index (χ4n) is 2.14. The number of carbonyl (C=O) groups is 2. The quantitative estimate of drug-likeness (QED) is 0.821. The second kappa shape index (κ2) is 7.33. The lowest BCUT2D eigenvalue weighted by atomic mass is 10.00. The molecule has 0 amide bonds. The third-order valence-electron chi connectivity index (χ3n) is 3.40. The van der Waals surface area contributed by atoms with Crippen molar-refractivity contribution in [2.24, 2.45) is 0 Å². The van der Waals surface area contributed by atoms with Crippen LogP contribution in [0.5, 0.6) is 5.75 Å². The zero-order valence-corrected chi connectivity index (χ0v) is 14.0. The van der Waals surface area contributed by atoms with E-state index in [1.54, 1.807) is 31.4 Å². The molecule has 0 unspecified atom stereocenters. The number of benzene rings is 2. The van der Waals surface area contributed by atoms with E-state index in [1.165, 1.54) is 12.1 Å². The molecule has 120 valence electrons. The molecular weight excluding hydrogens is 312 g/mol. The standard InChI is InChI=1S/C18H18O4S/c1-11(2)15-10-13(6-9-16(15)22-3)18(21)23-14-7-4-12(5-8-14)17(19)20/h4-11H,1-3H3,(H,19,20). The lowest BCUT2D eigenvalue weighted by Gasteiger charge is -2.13. The molecule has 23 heavy (non-hydrogen) atoms. The van der Waals surface area contributed by atoms with Crippen LogP contribution >= 0.6 is 11.8 Å². The van der Waals surface area contributed by atoms with Crippen LogP contribution < -0.4 is 4.74 Å². The van der Waals surface area contributed by atoms with E-state index in [4.69, 9.17) is 9.84 Å². The molecular formula is C18H18O4S. The molecule has 0 aliphatic rings. The Balaban J connectivity index is 2.20. The van der Waals surface area contributed by atoms with Gasteiger partial charge in [0.25, 0.3) is 0 Å². The molecule has 0 aromatic heterocycles.